The summed E-state index contributed by atoms with van der Waals surface area (Å²) in [7, 11) is 0. The third-order valence-corrected chi connectivity index (χ3v) is 5.09. The molecule has 126 valence electrons. The van der Waals surface area contributed by atoms with E-state index >= 15 is 0 Å². The van der Waals surface area contributed by atoms with E-state index in [9.17, 15) is 9.59 Å². The molecule has 0 atom stereocenters. The van der Waals surface area contributed by atoms with Gasteiger partial charge in [0.25, 0.3) is 0 Å². The van der Waals surface area contributed by atoms with Crippen LogP contribution in [0, 0.1) is 12.8 Å². The van der Waals surface area contributed by atoms with Gasteiger partial charge in [-0.25, -0.2) is 4.79 Å². The maximum absolute atomic E-state index is 12.4. The van der Waals surface area contributed by atoms with Gasteiger partial charge in [-0.2, -0.15) is 0 Å². The average Bonchev–Trinajstić information content (AvgIpc) is 3.10. The number of amides is 3. The fraction of sp³-hybridized carbons (Fsp3) is 0.333. The van der Waals surface area contributed by atoms with Crippen LogP contribution in [0.3, 0.4) is 0 Å². The maximum Gasteiger partial charge on any atom is 0.322 e. The zero-order chi connectivity index (χ0) is 16.9. The summed E-state index contributed by atoms with van der Waals surface area (Å²) in [4.78, 5) is 26.4. The lowest BCUT2D eigenvalue weighted by Crippen LogP contribution is -2.43. The van der Waals surface area contributed by atoms with Gasteiger partial charge in [-0.15, -0.1) is 11.3 Å². The van der Waals surface area contributed by atoms with Crippen molar-refractivity contribution in [2.75, 3.05) is 23.7 Å². The summed E-state index contributed by atoms with van der Waals surface area (Å²) in [5.41, 5.74) is 1.92. The normalized spacial score (nSPS) is 15.1. The number of thiophene rings is 1. The number of piperidine rings is 1. The molecule has 1 aromatic carbocycles. The zero-order valence-corrected chi connectivity index (χ0v) is 14.4. The summed E-state index contributed by atoms with van der Waals surface area (Å²) in [5.74, 6) is -0.00184. The predicted octanol–water partition coefficient (Wildman–Crippen LogP) is 3.94. The highest BCUT2D eigenvalue weighted by molar-refractivity contribution is 7.14. The van der Waals surface area contributed by atoms with E-state index in [1.54, 1.807) is 4.90 Å². The number of anilines is 2. The van der Waals surface area contributed by atoms with Gasteiger partial charge in [-0.05, 0) is 48.9 Å². The fourth-order valence-electron chi connectivity index (χ4n) is 2.83. The van der Waals surface area contributed by atoms with Gasteiger partial charge in [-0.1, -0.05) is 18.2 Å². The molecule has 0 unspecified atom stereocenters. The Labute approximate surface area is 145 Å². The molecule has 3 amide bonds. The van der Waals surface area contributed by atoms with E-state index in [1.165, 1.54) is 11.3 Å². The molecule has 5 nitrogen and oxygen atoms in total. The smallest absolute Gasteiger partial charge is 0.322 e. The number of hydrogen-bond donors (Lipinski definition) is 2. The van der Waals surface area contributed by atoms with Crippen molar-refractivity contribution in [2.45, 2.75) is 19.8 Å². The number of aryl methyl sites for hydroxylation is 1. The molecule has 24 heavy (non-hydrogen) atoms. The summed E-state index contributed by atoms with van der Waals surface area (Å²) in [6.45, 7) is 3.18. The van der Waals surface area contributed by atoms with E-state index in [0.717, 1.165) is 16.3 Å². The Kier molecular flexibility index (Phi) is 5.15. The lowest BCUT2D eigenvalue weighted by Gasteiger charge is -2.31. The third-order valence-electron chi connectivity index (χ3n) is 4.31. The number of hydrogen-bond acceptors (Lipinski definition) is 3. The van der Waals surface area contributed by atoms with Crippen molar-refractivity contribution in [1.29, 1.82) is 0 Å². The van der Waals surface area contributed by atoms with Crippen LogP contribution in [0.2, 0.25) is 0 Å². The first kappa shape index (κ1) is 16.5. The summed E-state index contributed by atoms with van der Waals surface area (Å²) in [6.07, 6.45) is 1.38. The number of nitrogens with one attached hydrogen (secondary N) is 2. The number of likely N-dealkylation sites (tertiary alicyclic amines) is 1. The van der Waals surface area contributed by atoms with Crippen molar-refractivity contribution in [3.8, 4) is 0 Å². The van der Waals surface area contributed by atoms with Crippen molar-refractivity contribution >= 4 is 34.0 Å². The van der Waals surface area contributed by atoms with Gasteiger partial charge in [0, 0.05) is 24.7 Å². The van der Waals surface area contributed by atoms with Crippen molar-refractivity contribution in [3.63, 3.8) is 0 Å². The van der Waals surface area contributed by atoms with E-state index < -0.39 is 0 Å². The van der Waals surface area contributed by atoms with Gasteiger partial charge in [-0.3, -0.25) is 10.1 Å². The van der Waals surface area contributed by atoms with Gasteiger partial charge in [0.05, 0.1) is 5.00 Å². The van der Waals surface area contributed by atoms with Crippen LogP contribution in [0.15, 0.2) is 41.8 Å². The number of rotatable bonds is 3. The van der Waals surface area contributed by atoms with Gasteiger partial charge in [0.2, 0.25) is 5.91 Å². The molecule has 1 aliphatic rings. The summed E-state index contributed by atoms with van der Waals surface area (Å²) >= 11 is 1.50. The second-order valence-electron chi connectivity index (χ2n) is 5.97. The summed E-state index contributed by atoms with van der Waals surface area (Å²) in [5, 5.41) is 8.67. The van der Waals surface area contributed by atoms with E-state index in [4.69, 9.17) is 0 Å². The molecule has 0 saturated carbocycles. The monoisotopic (exact) mass is 343 g/mol. The highest BCUT2D eigenvalue weighted by Crippen LogP contribution is 2.22. The van der Waals surface area contributed by atoms with Crippen LogP contribution < -0.4 is 10.6 Å². The van der Waals surface area contributed by atoms with Crippen LogP contribution in [0.1, 0.15) is 18.4 Å². The zero-order valence-electron chi connectivity index (χ0n) is 13.6. The molecule has 1 saturated heterocycles. The number of urea groups is 1. The molecule has 6 heteroatoms. The molecule has 3 rings (SSSR count). The average molecular weight is 343 g/mol. The van der Waals surface area contributed by atoms with E-state index in [-0.39, 0.29) is 17.9 Å². The predicted molar refractivity (Wildman–Crippen MR) is 97.4 cm³/mol. The van der Waals surface area contributed by atoms with Gasteiger partial charge >= 0.3 is 6.03 Å². The van der Waals surface area contributed by atoms with Crippen molar-refractivity contribution < 1.29 is 9.59 Å². The van der Waals surface area contributed by atoms with Crippen LogP contribution >= 0.6 is 11.3 Å². The molecular formula is C18H21N3O2S. The quantitative estimate of drug-likeness (QED) is 0.887. The molecule has 2 N–H and O–H groups in total. The number of para-hydroxylation sites is 1. The Morgan fingerprint density at radius 3 is 2.50 bits per heavy atom. The number of carbonyl (C=O) groups is 2. The van der Waals surface area contributed by atoms with Crippen LogP contribution in [-0.4, -0.2) is 29.9 Å². The van der Waals surface area contributed by atoms with Gasteiger partial charge < -0.3 is 10.2 Å². The van der Waals surface area contributed by atoms with Crippen LogP contribution in [0.5, 0.6) is 0 Å². The number of nitrogens with zero attached hydrogens (tertiary/aromatic N) is 1. The maximum atomic E-state index is 12.4. The summed E-state index contributed by atoms with van der Waals surface area (Å²) < 4.78 is 0. The lowest BCUT2D eigenvalue weighted by molar-refractivity contribution is -0.121. The van der Waals surface area contributed by atoms with Crippen LogP contribution in [-0.2, 0) is 4.79 Å². The molecule has 1 aliphatic heterocycles. The Balaban J connectivity index is 1.50. The number of benzene rings is 1. The van der Waals surface area contributed by atoms with Crippen LogP contribution in [0.4, 0.5) is 15.5 Å². The SMILES string of the molecule is Cc1ccccc1NC(=O)C1CCN(C(=O)Nc2cccs2)CC1. The first-order valence-electron chi connectivity index (χ1n) is 8.09. The van der Waals surface area contributed by atoms with Crippen molar-refractivity contribution in [2.24, 2.45) is 5.92 Å². The van der Waals surface area contributed by atoms with Crippen molar-refractivity contribution in [3.05, 3.63) is 47.3 Å². The summed E-state index contributed by atoms with van der Waals surface area (Å²) in [6, 6.07) is 11.5. The second kappa shape index (κ2) is 7.49. The molecule has 1 fully saturated rings. The minimum atomic E-state index is -0.0878. The Morgan fingerprint density at radius 2 is 1.83 bits per heavy atom. The molecule has 2 aromatic rings. The first-order chi connectivity index (χ1) is 11.6. The van der Waals surface area contributed by atoms with Crippen molar-refractivity contribution in [1.82, 2.24) is 4.90 Å². The molecule has 0 radical (unpaired) electrons. The largest absolute Gasteiger partial charge is 0.326 e. The Hall–Kier alpha value is -2.34. The molecule has 0 bridgehead atoms. The van der Waals surface area contributed by atoms with Gasteiger partial charge in [0.1, 0.15) is 0 Å². The minimum absolute atomic E-state index is 0.0441. The Bertz CT molecular complexity index is 707. The molecule has 0 spiro atoms. The highest BCUT2D eigenvalue weighted by Gasteiger charge is 2.27. The van der Waals surface area contributed by atoms with Crippen LogP contribution in [0.25, 0.3) is 0 Å². The third kappa shape index (κ3) is 3.94. The topological polar surface area (TPSA) is 61.4 Å². The fourth-order valence-corrected chi connectivity index (χ4v) is 3.43. The molecule has 0 aliphatic carbocycles. The number of carbonyl (C=O) groups excluding carboxylic acids is 2. The molecule has 2 heterocycles. The molecule has 1 aromatic heterocycles. The lowest BCUT2D eigenvalue weighted by atomic mass is 9.96. The minimum Gasteiger partial charge on any atom is -0.326 e. The van der Waals surface area contributed by atoms with E-state index in [1.807, 2.05) is 48.7 Å². The van der Waals surface area contributed by atoms with Gasteiger partial charge in [0.15, 0.2) is 0 Å². The second-order valence-corrected chi connectivity index (χ2v) is 6.92. The Morgan fingerprint density at radius 1 is 1.08 bits per heavy atom. The standard InChI is InChI=1S/C18H21N3O2S/c1-13-5-2-3-6-15(13)19-17(22)14-8-10-21(11-9-14)18(23)20-16-7-4-12-24-16/h2-7,12,14H,8-11H2,1H3,(H,19,22)(H,20,23). The highest BCUT2D eigenvalue weighted by atomic mass is 32.1. The molecular weight excluding hydrogens is 322 g/mol. The van der Waals surface area contributed by atoms with E-state index in [0.29, 0.717) is 25.9 Å². The van der Waals surface area contributed by atoms with E-state index in [2.05, 4.69) is 10.6 Å². The first-order valence-corrected chi connectivity index (χ1v) is 8.97.